The molecule has 11 heteroatoms. The summed E-state index contributed by atoms with van der Waals surface area (Å²) in [5.74, 6) is 0. The molecule has 236 valence electrons. The first-order chi connectivity index (χ1) is 21.9. The van der Waals surface area contributed by atoms with Crippen molar-refractivity contribution < 1.29 is 28.8 Å². The zero-order valence-corrected chi connectivity index (χ0v) is 25.7. The molecule has 0 bridgehead atoms. The Balaban J connectivity index is 1.38. The molecule has 0 aliphatic heterocycles. The van der Waals surface area contributed by atoms with Crippen molar-refractivity contribution in [2.75, 3.05) is 62.4 Å². The third-order valence-corrected chi connectivity index (χ3v) is 8.80. The fourth-order valence-electron chi connectivity index (χ4n) is 4.62. The van der Waals surface area contributed by atoms with Crippen LogP contribution in [0.15, 0.2) is 117 Å². The first-order valence-corrected chi connectivity index (χ1v) is 16.0. The average Bonchev–Trinajstić information content (AvgIpc) is 3.07. The van der Waals surface area contributed by atoms with Gasteiger partial charge in [-0.05, 0) is 83.9 Å². The number of aliphatic hydroxyl groups excluding tert-OH is 4. The van der Waals surface area contributed by atoms with Crippen LogP contribution in [0.25, 0.3) is 0 Å². The molecule has 0 aliphatic rings. The van der Waals surface area contributed by atoms with Crippen molar-refractivity contribution in [3.05, 3.63) is 108 Å². The topological polar surface area (TPSA) is 146 Å². The maximum Gasteiger partial charge on any atom is 0.206 e. The monoisotopic (exact) mass is 630 g/mol. The summed E-state index contributed by atoms with van der Waals surface area (Å²) in [7, 11) is -3.74. The summed E-state index contributed by atoms with van der Waals surface area (Å²) in [6.07, 6.45) is 3.37. The Hall–Kier alpha value is -4.39. The van der Waals surface area contributed by atoms with Crippen molar-refractivity contribution in [2.45, 2.75) is 9.79 Å². The molecule has 0 aromatic heterocycles. The molecule has 0 saturated heterocycles. The minimum Gasteiger partial charge on any atom is -0.395 e. The van der Waals surface area contributed by atoms with Crippen molar-refractivity contribution in [1.29, 1.82) is 0 Å². The van der Waals surface area contributed by atoms with E-state index in [2.05, 4.69) is 9.98 Å². The molecule has 10 nitrogen and oxygen atoms in total. The molecule has 0 radical (unpaired) electrons. The summed E-state index contributed by atoms with van der Waals surface area (Å²) in [5.41, 5.74) is 4.69. The predicted molar refractivity (Wildman–Crippen MR) is 178 cm³/mol. The number of rotatable bonds is 16. The van der Waals surface area contributed by atoms with E-state index in [0.29, 0.717) is 37.6 Å². The predicted octanol–water partition coefficient (Wildman–Crippen LogP) is 3.60. The molecule has 0 fully saturated rings. The third-order valence-electron chi connectivity index (χ3n) is 7.02. The number of aliphatic imine (C=N–C) groups is 2. The van der Waals surface area contributed by atoms with E-state index in [1.807, 2.05) is 58.3 Å². The second-order valence-corrected chi connectivity index (χ2v) is 12.0. The number of nitrogens with zero attached hydrogens (tertiary/aromatic N) is 4. The van der Waals surface area contributed by atoms with Gasteiger partial charge in [0.2, 0.25) is 9.84 Å². The Morgan fingerprint density at radius 3 is 1.09 bits per heavy atom. The highest BCUT2D eigenvalue weighted by molar-refractivity contribution is 7.91. The lowest BCUT2D eigenvalue weighted by atomic mass is 10.2. The van der Waals surface area contributed by atoms with Gasteiger partial charge in [-0.25, -0.2) is 8.42 Å². The van der Waals surface area contributed by atoms with Gasteiger partial charge in [-0.1, -0.05) is 24.3 Å². The van der Waals surface area contributed by atoms with Crippen molar-refractivity contribution in [2.24, 2.45) is 9.98 Å². The quantitative estimate of drug-likeness (QED) is 0.137. The van der Waals surface area contributed by atoms with Gasteiger partial charge in [0.1, 0.15) is 0 Å². The molecule has 0 aliphatic carbocycles. The maximum atomic E-state index is 13.2. The zero-order valence-electron chi connectivity index (χ0n) is 24.9. The number of aliphatic hydroxyl groups is 4. The van der Waals surface area contributed by atoms with Crippen LogP contribution < -0.4 is 9.80 Å². The highest BCUT2D eigenvalue weighted by atomic mass is 32.2. The SMILES string of the molecule is O=S(=O)(c1ccc(N=Cc2ccc(N(CCO)CCO)cc2)cc1)c1ccc(N=Cc2ccc(N(CCO)CCO)cc2)cc1. The lowest BCUT2D eigenvalue weighted by molar-refractivity contribution is 0.280. The number of hydrogen-bond donors (Lipinski definition) is 4. The molecule has 4 aromatic carbocycles. The van der Waals surface area contributed by atoms with Crippen molar-refractivity contribution in [3.8, 4) is 0 Å². The van der Waals surface area contributed by atoms with Gasteiger partial charge in [-0.15, -0.1) is 0 Å². The first-order valence-electron chi connectivity index (χ1n) is 14.5. The lowest BCUT2D eigenvalue weighted by Gasteiger charge is -2.22. The number of sulfone groups is 1. The molecule has 0 amide bonds. The summed E-state index contributed by atoms with van der Waals surface area (Å²) >= 11 is 0. The van der Waals surface area contributed by atoms with Crippen LogP contribution in [0.4, 0.5) is 22.7 Å². The fourth-order valence-corrected chi connectivity index (χ4v) is 5.88. The molecule has 0 heterocycles. The molecule has 4 N–H and O–H groups in total. The fraction of sp³-hybridized carbons (Fsp3) is 0.235. The van der Waals surface area contributed by atoms with Gasteiger partial charge in [0.25, 0.3) is 0 Å². The van der Waals surface area contributed by atoms with Gasteiger partial charge in [-0.2, -0.15) is 0 Å². The van der Waals surface area contributed by atoms with Crippen LogP contribution in [0.1, 0.15) is 11.1 Å². The minimum absolute atomic E-state index is 0.00819. The van der Waals surface area contributed by atoms with E-state index < -0.39 is 9.84 Å². The summed E-state index contributed by atoms with van der Waals surface area (Å²) in [6.45, 7) is 1.68. The van der Waals surface area contributed by atoms with E-state index in [0.717, 1.165) is 22.5 Å². The van der Waals surface area contributed by atoms with Crippen molar-refractivity contribution in [3.63, 3.8) is 0 Å². The van der Waals surface area contributed by atoms with Crippen LogP contribution in [0.2, 0.25) is 0 Å². The van der Waals surface area contributed by atoms with Crippen LogP contribution in [0.5, 0.6) is 0 Å². The molecule has 4 rings (SSSR count). The average molecular weight is 631 g/mol. The second-order valence-electron chi connectivity index (χ2n) is 10.1. The van der Waals surface area contributed by atoms with Crippen LogP contribution in [-0.2, 0) is 9.84 Å². The van der Waals surface area contributed by atoms with Crippen LogP contribution >= 0.6 is 0 Å². The van der Waals surface area contributed by atoms with Crippen LogP contribution in [0, 0.1) is 0 Å². The van der Waals surface area contributed by atoms with E-state index >= 15 is 0 Å². The molecule has 0 atom stereocenters. The Morgan fingerprint density at radius 1 is 0.489 bits per heavy atom. The van der Waals surface area contributed by atoms with Gasteiger partial charge in [0.05, 0.1) is 47.6 Å². The number of hydrogen-bond acceptors (Lipinski definition) is 10. The normalized spacial score (nSPS) is 11.8. The Morgan fingerprint density at radius 2 is 0.800 bits per heavy atom. The third kappa shape index (κ3) is 9.30. The van der Waals surface area contributed by atoms with E-state index in [4.69, 9.17) is 0 Å². The molecule has 0 spiro atoms. The van der Waals surface area contributed by atoms with E-state index in [9.17, 15) is 28.8 Å². The second kappa shape index (κ2) is 16.6. The molecule has 45 heavy (non-hydrogen) atoms. The largest absolute Gasteiger partial charge is 0.395 e. The Kier molecular flexibility index (Phi) is 12.4. The highest BCUT2D eigenvalue weighted by Gasteiger charge is 2.17. The number of anilines is 2. The van der Waals surface area contributed by atoms with E-state index in [-0.39, 0.29) is 36.2 Å². The first kappa shape index (κ1) is 33.5. The van der Waals surface area contributed by atoms with Crippen molar-refractivity contribution in [1.82, 2.24) is 0 Å². The smallest absolute Gasteiger partial charge is 0.206 e. The maximum absolute atomic E-state index is 13.2. The molecule has 0 unspecified atom stereocenters. The molecule has 0 saturated carbocycles. The summed E-state index contributed by atoms with van der Waals surface area (Å²) in [5, 5.41) is 36.9. The van der Waals surface area contributed by atoms with Gasteiger partial charge in [0, 0.05) is 50.0 Å². The standard InChI is InChI=1S/C34H38N4O6S/c39-21-17-37(18-22-40)31-9-1-27(2-10-31)25-35-29-5-13-33(14-6-29)45(43,44)34-15-7-30(8-16-34)36-26-28-3-11-32(12-4-28)38(19-23-41)20-24-42/h1-16,25-26,39-42H,17-24H2. The van der Waals surface area contributed by atoms with E-state index in [1.54, 1.807) is 36.7 Å². The van der Waals surface area contributed by atoms with E-state index in [1.165, 1.54) is 24.3 Å². The van der Waals surface area contributed by atoms with Gasteiger partial charge >= 0.3 is 0 Å². The van der Waals surface area contributed by atoms with Crippen LogP contribution in [0.3, 0.4) is 0 Å². The van der Waals surface area contributed by atoms with Crippen molar-refractivity contribution >= 4 is 45.0 Å². The number of benzene rings is 4. The summed E-state index contributed by atoms with van der Waals surface area (Å²) in [6, 6.07) is 27.9. The van der Waals surface area contributed by atoms with Gasteiger partial charge < -0.3 is 30.2 Å². The highest BCUT2D eigenvalue weighted by Crippen LogP contribution is 2.25. The van der Waals surface area contributed by atoms with Gasteiger partial charge in [-0.3, -0.25) is 9.98 Å². The Bertz CT molecular complexity index is 1510. The lowest BCUT2D eigenvalue weighted by Crippen LogP contribution is -2.29. The molecule has 4 aromatic rings. The summed E-state index contributed by atoms with van der Waals surface area (Å²) in [4.78, 5) is 13.0. The van der Waals surface area contributed by atoms with Crippen LogP contribution in [-0.4, -0.2) is 93.9 Å². The Labute approximate surface area is 263 Å². The minimum atomic E-state index is -3.74. The molecular formula is C34H38N4O6S. The zero-order chi connectivity index (χ0) is 32.1. The molecular weight excluding hydrogens is 592 g/mol. The summed E-state index contributed by atoms with van der Waals surface area (Å²) < 4.78 is 26.5. The van der Waals surface area contributed by atoms with Gasteiger partial charge in [0.15, 0.2) is 0 Å².